The van der Waals surface area contributed by atoms with Gasteiger partial charge in [-0.2, -0.15) is 4.72 Å². The topological polar surface area (TPSA) is 127 Å². The number of nitrogens with one attached hydrogen (secondary N) is 1. The zero-order chi connectivity index (χ0) is 17.9. The second kappa shape index (κ2) is 6.95. The van der Waals surface area contributed by atoms with Crippen LogP contribution in [0, 0.1) is 10.1 Å². The van der Waals surface area contributed by atoms with Gasteiger partial charge in [-0.3, -0.25) is 14.9 Å². The summed E-state index contributed by atoms with van der Waals surface area (Å²) in [6.07, 6.45) is 0. The van der Waals surface area contributed by atoms with Crippen LogP contribution >= 0.6 is 11.6 Å². The Morgan fingerprint density at radius 1 is 1.12 bits per heavy atom. The molecule has 0 saturated heterocycles. The molecule has 0 radical (unpaired) electrons. The van der Waals surface area contributed by atoms with E-state index in [-0.39, 0.29) is 16.1 Å². The van der Waals surface area contributed by atoms with E-state index >= 15 is 0 Å². The number of halogens is 1. The quantitative estimate of drug-likeness (QED) is 0.593. The lowest BCUT2D eigenvalue weighted by molar-refractivity contribution is -0.384. The molecule has 2 aromatic carbocycles. The molecule has 0 aromatic heterocycles. The van der Waals surface area contributed by atoms with Crippen molar-refractivity contribution in [3.05, 3.63) is 69.2 Å². The molecule has 2 aromatic rings. The number of carboxylic acid groups (broad SMARTS) is 1. The maximum Gasteiger partial charge on any atom is 0.326 e. The van der Waals surface area contributed by atoms with Crippen LogP contribution in [0.5, 0.6) is 0 Å². The number of hydrogen-bond acceptors (Lipinski definition) is 5. The molecule has 0 bridgehead atoms. The number of carboxylic acids is 1. The van der Waals surface area contributed by atoms with Gasteiger partial charge in [-0.15, -0.1) is 0 Å². The highest BCUT2D eigenvalue weighted by Gasteiger charge is 2.27. The van der Waals surface area contributed by atoms with Gasteiger partial charge >= 0.3 is 5.97 Å². The van der Waals surface area contributed by atoms with Crippen LogP contribution in [0.2, 0.25) is 5.02 Å². The monoisotopic (exact) mass is 370 g/mol. The van der Waals surface area contributed by atoms with Gasteiger partial charge in [0, 0.05) is 17.2 Å². The van der Waals surface area contributed by atoms with Crippen molar-refractivity contribution in [1.82, 2.24) is 4.72 Å². The van der Waals surface area contributed by atoms with E-state index in [1.807, 2.05) is 0 Å². The zero-order valence-corrected chi connectivity index (χ0v) is 13.5. The Hall–Kier alpha value is -2.49. The van der Waals surface area contributed by atoms with Crippen molar-refractivity contribution in [1.29, 1.82) is 0 Å². The molecule has 0 amide bonds. The fraction of sp³-hybridized carbons (Fsp3) is 0.0714. The van der Waals surface area contributed by atoms with Crippen LogP contribution in [0.15, 0.2) is 53.4 Å². The lowest BCUT2D eigenvalue weighted by Crippen LogP contribution is -2.33. The molecular formula is C14H11ClN2O6S. The van der Waals surface area contributed by atoms with Crippen LogP contribution in [0.3, 0.4) is 0 Å². The van der Waals surface area contributed by atoms with Crippen LogP contribution in [-0.4, -0.2) is 24.4 Å². The van der Waals surface area contributed by atoms with Crippen molar-refractivity contribution in [2.45, 2.75) is 10.9 Å². The lowest BCUT2D eigenvalue weighted by atomic mass is 10.1. The van der Waals surface area contributed by atoms with Crippen molar-refractivity contribution < 1.29 is 23.2 Å². The number of hydrogen-bond donors (Lipinski definition) is 2. The van der Waals surface area contributed by atoms with Crippen LogP contribution in [0.1, 0.15) is 11.6 Å². The molecule has 126 valence electrons. The minimum absolute atomic E-state index is 0.192. The Balaban J connectivity index is 2.32. The normalized spacial score (nSPS) is 12.5. The fourth-order valence-corrected chi connectivity index (χ4v) is 3.19. The number of sulfonamides is 1. The molecule has 0 heterocycles. The largest absolute Gasteiger partial charge is 0.480 e. The van der Waals surface area contributed by atoms with Gasteiger partial charge in [0.2, 0.25) is 10.0 Å². The molecule has 2 rings (SSSR count). The average Bonchev–Trinajstić information content (AvgIpc) is 2.53. The van der Waals surface area contributed by atoms with E-state index in [2.05, 4.69) is 4.72 Å². The Labute approximate surface area is 141 Å². The molecule has 0 aliphatic rings. The Kier molecular flexibility index (Phi) is 5.17. The zero-order valence-electron chi connectivity index (χ0n) is 11.9. The number of carbonyl (C=O) groups is 1. The first kappa shape index (κ1) is 17.9. The van der Waals surface area contributed by atoms with Gasteiger partial charge in [0.25, 0.3) is 5.69 Å². The molecule has 0 fully saturated rings. The molecule has 1 atom stereocenters. The number of nitro groups is 1. The van der Waals surface area contributed by atoms with Gasteiger partial charge in [-0.1, -0.05) is 23.7 Å². The van der Waals surface area contributed by atoms with Crippen LogP contribution in [0.25, 0.3) is 0 Å². The fourth-order valence-electron chi connectivity index (χ4n) is 1.89. The first-order valence-corrected chi connectivity index (χ1v) is 8.32. The third kappa shape index (κ3) is 4.07. The summed E-state index contributed by atoms with van der Waals surface area (Å²) in [5.41, 5.74) is -0.0844. The van der Waals surface area contributed by atoms with Crippen LogP contribution in [0.4, 0.5) is 5.69 Å². The summed E-state index contributed by atoms with van der Waals surface area (Å²) in [5, 5.41) is 20.2. The van der Waals surface area contributed by atoms with Crippen molar-refractivity contribution >= 4 is 33.3 Å². The van der Waals surface area contributed by atoms with E-state index in [4.69, 9.17) is 11.6 Å². The molecule has 2 N–H and O–H groups in total. The number of aliphatic carboxylic acids is 1. The first-order valence-electron chi connectivity index (χ1n) is 6.46. The second-order valence-corrected chi connectivity index (χ2v) is 6.85. The molecule has 1 unspecified atom stereocenters. The first-order chi connectivity index (χ1) is 11.2. The van der Waals surface area contributed by atoms with E-state index in [1.54, 1.807) is 0 Å². The van der Waals surface area contributed by atoms with E-state index in [9.17, 15) is 28.4 Å². The number of nitro benzene ring substituents is 1. The standard InChI is InChI=1S/C14H11ClN2O6S/c15-10-3-1-9(2-4-10)13(14(18)19)16-24(22,23)12-7-5-11(6-8-12)17(20)21/h1-8,13,16H,(H,18,19). The van der Waals surface area contributed by atoms with Gasteiger partial charge in [-0.25, -0.2) is 8.42 Å². The maximum absolute atomic E-state index is 12.3. The maximum atomic E-state index is 12.3. The Morgan fingerprint density at radius 2 is 1.67 bits per heavy atom. The average molecular weight is 371 g/mol. The molecule has 8 nitrogen and oxygen atoms in total. The van der Waals surface area contributed by atoms with E-state index in [0.29, 0.717) is 5.02 Å². The van der Waals surface area contributed by atoms with Crippen molar-refractivity contribution in [3.63, 3.8) is 0 Å². The van der Waals surface area contributed by atoms with Crippen LogP contribution in [-0.2, 0) is 14.8 Å². The molecule has 24 heavy (non-hydrogen) atoms. The summed E-state index contributed by atoms with van der Waals surface area (Å²) < 4.78 is 26.6. The molecule has 0 saturated carbocycles. The van der Waals surface area contributed by atoms with Crippen molar-refractivity contribution in [2.75, 3.05) is 0 Å². The highest BCUT2D eigenvalue weighted by molar-refractivity contribution is 7.89. The number of non-ortho nitro benzene ring substituents is 1. The van der Waals surface area contributed by atoms with Crippen molar-refractivity contribution in [2.24, 2.45) is 0 Å². The molecule has 0 spiro atoms. The lowest BCUT2D eigenvalue weighted by Gasteiger charge is -2.15. The number of rotatable bonds is 6. The molecule has 0 aliphatic carbocycles. The minimum atomic E-state index is -4.19. The third-order valence-corrected chi connectivity index (χ3v) is 4.77. The number of benzene rings is 2. The van der Waals surface area contributed by atoms with E-state index in [0.717, 1.165) is 24.3 Å². The number of nitrogens with zero attached hydrogens (tertiary/aromatic N) is 1. The Morgan fingerprint density at radius 3 is 2.12 bits per heavy atom. The second-order valence-electron chi connectivity index (χ2n) is 4.70. The summed E-state index contributed by atoms with van der Waals surface area (Å²) in [7, 11) is -4.19. The van der Waals surface area contributed by atoms with Gasteiger partial charge in [0.15, 0.2) is 0 Å². The van der Waals surface area contributed by atoms with Gasteiger partial charge in [-0.05, 0) is 29.8 Å². The molecule has 10 heteroatoms. The van der Waals surface area contributed by atoms with Gasteiger partial charge in [0.05, 0.1) is 9.82 Å². The van der Waals surface area contributed by atoms with Gasteiger partial charge in [0.1, 0.15) is 6.04 Å². The van der Waals surface area contributed by atoms with E-state index in [1.165, 1.54) is 24.3 Å². The summed E-state index contributed by atoms with van der Waals surface area (Å²) in [6.45, 7) is 0. The highest BCUT2D eigenvalue weighted by atomic mass is 35.5. The Bertz CT molecular complexity index is 865. The van der Waals surface area contributed by atoms with E-state index < -0.39 is 27.0 Å². The smallest absolute Gasteiger partial charge is 0.326 e. The third-order valence-electron chi connectivity index (χ3n) is 3.08. The summed E-state index contributed by atoms with van der Waals surface area (Å²) in [4.78, 5) is 21.0. The predicted octanol–water partition coefficient (Wildman–Crippen LogP) is 2.35. The minimum Gasteiger partial charge on any atom is -0.480 e. The SMILES string of the molecule is O=C(O)C(NS(=O)(=O)c1ccc([N+](=O)[O-])cc1)c1ccc(Cl)cc1. The van der Waals surface area contributed by atoms with Crippen molar-refractivity contribution in [3.8, 4) is 0 Å². The molecular weight excluding hydrogens is 360 g/mol. The summed E-state index contributed by atoms with van der Waals surface area (Å²) in [5.74, 6) is -1.40. The predicted molar refractivity (Wildman–Crippen MR) is 85.2 cm³/mol. The van der Waals surface area contributed by atoms with Crippen LogP contribution < -0.4 is 4.72 Å². The summed E-state index contributed by atoms with van der Waals surface area (Å²) in [6, 6.07) is 8.23. The molecule has 0 aliphatic heterocycles. The van der Waals surface area contributed by atoms with Gasteiger partial charge < -0.3 is 5.11 Å². The highest BCUT2D eigenvalue weighted by Crippen LogP contribution is 2.21. The summed E-state index contributed by atoms with van der Waals surface area (Å²) >= 11 is 5.72.